The van der Waals surface area contributed by atoms with E-state index in [-0.39, 0.29) is 18.1 Å². The van der Waals surface area contributed by atoms with Crippen LogP contribution in [0.4, 0.5) is 5.69 Å². The summed E-state index contributed by atoms with van der Waals surface area (Å²) in [5, 5.41) is 11.3. The first kappa shape index (κ1) is 19.2. The SMILES string of the molecule is CC1=C(Cc2ccccc2)C(=O)[C@@](C)(CN2c3ccccc3[C@]3(O)CCO[C@H]23)C1=O. The van der Waals surface area contributed by atoms with Crippen LogP contribution in [0.1, 0.15) is 31.4 Å². The minimum absolute atomic E-state index is 0.125. The molecular weight excluding hydrogens is 378 g/mol. The number of para-hydroxylation sites is 1. The van der Waals surface area contributed by atoms with Crippen molar-refractivity contribution in [3.8, 4) is 0 Å². The molecule has 3 aliphatic rings. The number of aliphatic hydroxyl groups is 1. The minimum Gasteiger partial charge on any atom is -0.380 e. The van der Waals surface area contributed by atoms with E-state index in [2.05, 4.69) is 0 Å². The van der Waals surface area contributed by atoms with Crippen molar-refractivity contribution < 1.29 is 19.4 Å². The Bertz CT molecular complexity index is 1080. The molecule has 0 amide bonds. The number of hydrogen-bond acceptors (Lipinski definition) is 5. The van der Waals surface area contributed by atoms with Crippen LogP contribution in [0.3, 0.4) is 0 Å². The smallest absolute Gasteiger partial charge is 0.174 e. The Labute approximate surface area is 176 Å². The van der Waals surface area contributed by atoms with Crippen LogP contribution in [0.25, 0.3) is 0 Å². The predicted octanol–water partition coefficient (Wildman–Crippen LogP) is 3.16. The lowest BCUT2D eigenvalue weighted by molar-refractivity contribution is -0.133. The molecular formula is C25H25NO4. The average molecular weight is 403 g/mol. The summed E-state index contributed by atoms with van der Waals surface area (Å²) in [6.07, 6.45) is 0.374. The second-order valence-corrected chi connectivity index (χ2v) is 8.80. The number of Topliss-reactive ketones (excluding diaryl/α,β-unsaturated/α-hetero) is 2. The quantitative estimate of drug-likeness (QED) is 0.795. The van der Waals surface area contributed by atoms with Gasteiger partial charge in [-0.05, 0) is 25.5 Å². The minimum atomic E-state index is -1.20. The van der Waals surface area contributed by atoms with E-state index in [9.17, 15) is 14.7 Å². The Balaban J connectivity index is 1.48. The van der Waals surface area contributed by atoms with E-state index >= 15 is 0 Å². The molecule has 1 N–H and O–H groups in total. The number of allylic oxidation sites excluding steroid dienone is 2. The second-order valence-electron chi connectivity index (χ2n) is 8.80. The molecule has 5 heteroatoms. The highest BCUT2D eigenvalue weighted by Crippen LogP contribution is 2.51. The zero-order valence-electron chi connectivity index (χ0n) is 17.2. The lowest BCUT2D eigenvalue weighted by Gasteiger charge is -2.34. The van der Waals surface area contributed by atoms with Crippen molar-refractivity contribution in [1.29, 1.82) is 0 Å². The number of ether oxygens (including phenoxy) is 1. The van der Waals surface area contributed by atoms with Crippen LogP contribution >= 0.6 is 0 Å². The molecule has 1 fully saturated rings. The Morgan fingerprint density at radius 3 is 2.53 bits per heavy atom. The Morgan fingerprint density at radius 1 is 1.07 bits per heavy atom. The van der Waals surface area contributed by atoms with E-state index in [1.54, 1.807) is 13.8 Å². The Hall–Kier alpha value is -2.76. The summed E-state index contributed by atoms with van der Waals surface area (Å²) in [6.45, 7) is 4.11. The van der Waals surface area contributed by atoms with Gasteiger partial charge in [0.25, 0.3) is 0 Å². The molecule has 0 aromatic heterocycles. The van der Waals surface area contributed by atoms with E-state index in [1.165, 1.54) is 0 Å². The van der Waals surface area contributed by atoms with Crippen molar-refractivity contribution in [3.05, 3.63) is 76.9 Å². The first-order valence-corrected chi connectivity index (χ1v) is 10.4. The fourth-order valence-corrected chi connectivity index (χ4v) is 5.24. The number of hydrogen-bond donors (Lipinski definition) is 1. The first-order chi connectivity index (χ1) is 14.4. The average Bonchev–Trinajstić information content (AvgIpc) is 3.30. The molecule has 5 nitrogen and oxygen atoms in total. The van der Waals surface area contributed by atoms with Gasteiger partial charge in [0.05, 0.1) is 6.61 Å². The molecule has 0 unspecified atom stereocenters. The maximum atomic E-state index is 13.5. The Morgan fingerprint density at radius 2 is 1.77 bits per heavy atom. The van der Waals surface area contributed by atoms with Crippen LogP contribution in [0.2, 0.25) is 0 Å². The number of benzene rings is 2. The predicted molar refractivity (Wildman–Crippen MR) is 113 cm³/mol. The number of nitrogens with zero attached hydrogens (tertiary/aromatic N) is 1. The fraction of sp³-hybridized carbons (Fsp3) is 0.360. The molecule has 5 rings (SSSR count). The van der Waals surface area contributed by atoms with E-state index in [0.717, 1.165) is 16.8 Å². The standard InChI is InChI=1S/C25H25NO4/c1-16-18(14-17-8-4-3-5-9-17)22(28)24(2,21(16)27)15-26-20-11-7-6-10-19(20)25(29)12-13-30-23(25)26/h3-11,23,29H,12-15H2,1-2H3/t23-,24-,25+/m0/s1. The molecule has 0 radical (unpaired) electrons. The monoisotopic (exact) mass is 403 g/mol. The third kappa shape index (κ3) is 2.55. The molecule has 3 atom stereocenters. The summed E-state index contributed by atoms with van der Waals surface area (Å²) in [4.78, 5) is 28.7. The van der Waals surface area contributed by atoms with E-state index in [0.29, 0.717) is 30.6 Å². The van der Waals surface area contributed by atoms with Crippen LogP contribution in [0.15, 0.2) is 65.7 Å². The van der Waals surface area contributed by atoms with Crippen molar-refractivity contribution in [3.63, 3.8) is 0 Å². The lowest BCUT2D eigenvalue weighted by Crippen LogP contribution is -2.50. The molecule has 0 bridgehead atoms. The molecule has 0 saturated carbocycles. The highest BCUT2D eigenvalue weighted by molar-refractivity contribution is 6.27. The number of rotatable bonds is 4. The van der Waals surface area contributed by atoms with Crippen molar-refractivity contribution in [2.45, 2.75) is 38.5 Å². The van der Waals surface area contributed by atoms with Gasteiger partial charge in [-0.1, -0.05) is 48.5 Å². The summed E-state index contributed by atoms with van der Waals surface area (Å²) in [7, 11) is 0. The van der Waals surface area contributed by atoms with Crippen LogP contribution in [-0.4, -0.2) is 36.1 Å². The van der Waals surface area contributed by atoms with Crippen molar-refractivity contribution in [2.24, 2.45) is 5.41 Å². The third-order valence-electron chi connectivity index (χ3n) is 6.91. The summed E-state index contributed by atoms with van der Waals surface area (Å²) in [5.41, 5.74) is 1.48. The van der Waals surface area contributed by atoms with Crippen LogP contribution in [0.5, 0.6) is 0 Å². The molecule has 1 aliphatic carbocycles. The number of ketones is 2. The number of carbonyl (C=O) groups is 2. The molecule has 2 aromatic rings. The fourth-order valence-electron chi connectivity index (χ4n) is 5.24. The van der Waals surface area contributed by atoms with Gasteiger partial charge < -0.3 is 14.7 Å². The second kappa shape index (κ2) is 6.62. The molecule has 30 heavy (non-hydrogen) atoms. The zero-order chi connectivity index (χ0) is 21.1. The molecule has 0 spiro atoms. The van der Waals surface area contributed by atoms with E-state index < -0.39 is 17.2 Å². The third-order valence-corrected chi connectivity index (χ3v) is 6.91. The number of anilines is 1. The summed E-state index contributed by atoms with van der Waals surface area (Å²) in [5.74, 6) is -0.260. The van der Waals surface area contributed by atoms with Gasteiger partial charge in [-0.3, -0.25) is 9.59 Å². The van der Waals surface area contributed by atoms with Gasteiger partial charge in [0.1, 0.15) is 11.0 Å². The highest BCUT2D eigenvalue weighted by Gasteiger charge is 2.58. The topological polar surface area (TPSA) is 66.8 Å². The number of carbonyl (C=O) groups excluding carboxylic acids is 2. The van der Waals surface area contributed by atoms with Gasteiger partial charge in [0, 0.05) is 41.8 Å². The molecule has 2 aliphatic heterocycles. The van der Waals surface area contributed by atoms with Crippen LogP contribution in [0, 0.1) is 5.41 Å². The van der Waals surface area contributed by atoms with Gasteiger partial charge in [0.15, 0.2) is 17.8 Å². The van der Waals surface area contributed by atoms with Gasteiger partial charge in [0.2, 0.25) is 0 Å². The number of fused-ring (bicyclic) bond motifs is 3. The van der Waals surface area contributed by atoms with Gasteiger partial charge in [-0.15, -0.1) is 0 Å². The zero-order valence-corrected chi connectivity index (χ0v) is 17.2. The summed E-state index contributed by atoms with van der Waals surface area (Å²) >= 11 is 0. The lowest BCUT2D eigenvalue weighted by atomic mass is 9.82. The van der Waals surface area contributed by atoms with Crippen LogP contribution < -0.4 is 4.90 Å². The van der Waals surface area contributed by atoms with Crippen molar-refractivity contribution in [1.82, 2.24) is 0 Å². The summed E-state index contributed by atoms with van der Waals surface area (Å²) in [6, 6.07) is 17.4. The summed E-state index contributed by atoms with van der Waals surface area (Å²) < 4.78 is 5.89. The first-order valence-electron chi connectivity index (χ1n) is 10.4. The largest absolute Gasteiger partial charge is 0.380 e. The van der Waals surface area contributed by atoms with Crippen molar-refractivity contribution >= 4 is 17.3 Å². The molecule has 1 saturated heterocycles. The highest BCUT2D eigenvalue weighted by atomic mass is 16.5. The maximum Gasteiger partial charge on any atom is 0.174 e. The van der Waals surface area contributed by atoms with Crippen molar-refractivity contribution in [2.75, 3.05) is 18.1 Å². The van der Waals surface area contributed by atoms with Crippen LogP contribution in [-0.2, 0) is 26.3 Å². The molecule has 2 heterocycles. The van der Waals surface area contributed by atoms with Gasteiger partial charge in [-0.2, -0.15) is 0 Å². The normalized spacial score (nSPS) is 30.2. The molecule has 154 valence electrons. The van der Waals surface area contributed by atoms with Gasteiger partial charge >= 0.3 is 0 Å². The van der Waals surface area contributed by atoms with E-state index in [4.69, 9.17) is 4.74 Å². The maximum absolute atomic E-state index is 13.5. The van der Waals surface area contributed by atoms with E-state index in [1.807, 2.05) is 59.5 Å². The molecule has 2 aromatic carbocycles. The van der Waals surface area contributed by atoms with Gasteiger partial charge in [-0.25, -0.2) is 0 Å². The Kier molecular flexibility index (Phi) is 4.24.